The van der Waals surface area contributed by atoms with E-state index < -0.39 is 0 Å². The molecule has 0 aliphatic heterocycles. The van der Waals surface area contributed by atoms with Gasteiger partial charge in [0.2, 0.25) is 0 Å². The van der Waals surface area contributed by atoms with Crippen molar-refractivity contribution in [3.8, 4) is 0 Å². The minimum atomic E-state index is 0.421. The molecule has 2 heteroatoms. The Morgan fingerprint density at radius 1 is 1.58 bits per heavy atom. The lowest BCUT2D eigenvalue weighted by Crippen LogP contribution is -2.37. The van der Waals surface area contributed by atoms with Crippen LogP contribution in [0.5, 0.6) is 0 Å². The normalized spacial score (nSPS) is 29.2. The van der Waals surface area contributed by atoms with Gasteiger partial charge in [-0.3, -0.25) is 0 Å². The van der Waals surface area contributed by atoms with Crippen LogP contribution in [0.2, 0.25) is 0 Å². The Morgan fingerprint density at radius 2 is 2.33 bits per heavy atom. The molecule has 0 aromatic heterocycles. The van der Waals surface area contributed by atoms with Crippen LogP contribution >= 0.6 is 0 Å². The molecule has 12 heavy (non-hydrogen) atoms. The minimum Gasteiger partial charge on any atom is -0.380 e. The second-order valence-electron chi connectivity index (χ2n) is 3.65. The quantitative estimate of drug-likeness (QED) is 0.647. The Morgan fingerprint density at radius 3 is 2.92 bits per heavy atom. The standard InChI is InChI=1S/C10H19NO/c1-8(2)7-11-9-5-4-6-10(9)12-3/h9-11H,1,4-7H2,2-3H3. The molecule has 1 aliphatic carbocycles. The van der Waals surface area contributed by atoms with E-state index in [0.29, 0.717) is 12.1 Å². The van der Waals surface area contributed by atoms with E-state index in [9.17, 15) is 0 Å². The number of hydrogen-bond acceptors (Lipinski definition) is 2. The third-order valence-electron chi connectivity index (χ3n) is 2.42. The zero-order chi connectivity index (χ0) is 8.97. The lowest BCUT2D eigenvalue weighted by molar-refractivity contribution is 0.0862. The molecular formula is C10H19NO. The third-order valence-corrected chi connectivity index (χ3v) is 2.42. The van der Waals surface area contributed by atoms with Crippen molar-refractivity contribution in [2.24, 2.45) is 0 Å². The fourth-order valence-electron chi connectivity index (χ4n) is 1.75. The van der Waals surface area contributed by atoms with Crippen LogP contribution < -0.4 is 5.32 Å². The molecular weight excluding hydrogens is 150 g/mol. The van der Waals surface area contributed by atoms with Crippen molar-refractivity contribution < 1.29 is 4.74 Å². The fourth-order valence-corrected chi connectivity index (χ4v) is 1.75. The average molecular weight is 169 g/mol. The Hall–Kier alpha value is -0.340. The second-order valence-corrected chi connectivity index (χ2v) is 3.65. The van der Waals surface area contributed by atoms with E-state index in [2.05, 4.69) is 11.9 Å². The first-order chi connectivity index (χ1) is 5.74. The molecule has 2 nitrogen and oxygen atoms in total. The van der Waals surface area contributed by atoms with Crippen LogP contribution in [0.1, 0.15) is 26.2 Å². The van der Waals surface area contributed by atoms with Crippen molar-refractivity contribution >= 4 is 0 Å². The summed E-state index contributed by atoms with van der Waals surface area (Å²) in [6.07, 6.45) is 4.15. The molecule has 0 bridgehead atoms. The van der Waals surface area contributed by atoms with Gasteiger partial charge in [-0.15, -0.1) is 0 Å². The molecule has 1 fully saturated rings. The summed E-state index contributed by atoms with van der Waals surface area (Å²) in [5, 5.41) is 3.46. The van der Waals surface area contributed by atoms with Crippen molar-refractivity contribution in [3.63, 3.8) is 0 Å². The number of rotatable bonds is 4. The summed E-state index contributed by atoms with van der Waals surface area (Å²) < 4.78 is 5.36. The molecule has 0 radical (unpaired) electrons. The van der Waals surface area contributed by atoms with Crippen LogP contribution in [0, 0.1) is 0 Å². The SMILES string of the molecule is C=C(C)CNC1CCCC1OC. The highest BCUT2D eigenvalue weighted by atomic mass is 16.5. The highest BCUT2D eigenvalue weighted by Crippen LogP contribution is 2.21. The van der Waals surface area contributed by atoms with Gasteiger partial charge in [0.1, 0.15) is 0 Å². The van der Waals surface area contributed by atoms with Crippen LogP contribution in [0.4, 0.5) is 0 Å². The van der Waals surface area contributed by atoms with Crippen molar-refractivity contribution in [1.82, 2.24) is 5.32 Å². The molecule has 1 rings (SSSR count). The summed E-state index contributed by atoms with van der Waals surface area (Å²) in [5.74, 6) is 0. The maximum atomic E-state index is 5.36. The van der Waals surface area contributed by atoms with Gasteiger partial charge < -0.3 is 10.1 Å². The van der Waals surface area contributed by atoms with Crippen molar-refractivity contribution in [3.05, 3.63) is 12.2 Å². The first-order valence-electron chi connectivity index (χ1n) is 4.64. The van der Waals surface area contributed by atoms with Crippen molar-refractivity contribution in [2.75, 3.05) is 13.7 Å². The Balaban J connectivity index is 2.26. The van der Waals surface area contributed by atoms with Gasteiger partial charge in [0.25, 0.3) is 0 Å². The van der Waals surface area contributed by atoms with Crippen LogP contribution in [0.3, 0.4) is 0 Å². The molecule has 1 aliphatic rings. The largest absolute Gasteiger partial charge is 0.380 e. The smallest absolute Gasteiger partial charge is 0.0724 e. The number of nitrogens with one attached hydrogen (secondary N) is 1. The molecule has 1 saturated carbocycles. The molecule has 0 heterocycles. The van der Waals surface area contributed by atoms with Crippen LogP contribution in [0.25, 0.3) is 0 Å². The second kappa shape index (κ2) is 4.63. The summed E-state index contributed by atoms with van der Waals surface area (Å²) in [5.41, 5.74) is 1.19. The zero-order valence-corrected chi connectivity index (χ0v) is 8.10. The van der Waals surface area contributed by atoms with Crippen LogP contribution in [-0.4, -0.2) is 25.8 Å². The van der Waals surface area contributed by atoms with E-state index in [0.717, 1.165) is 6.54 Å². The van der Waals surface area contributed by atoms with E-state index in [1.807, 2.05) is 6.92 Å². The van der Waals surface area contributed by atoms with Gasteiger partial charge in [-0.1, -0.05) is 12.2 Å². The molecule has 0 aromatic carbocycles. The predicted molar refractivity (Wildman–Crippen MR) is 51.3 cm³/mol. The molecule has 70 valence electrons. The van der Waals surface area contributed by atoms with Gasteiger partial charge in [-0.2, -0.15) is 0 Å². The average Bonchev–Trinajstić information content (AvgIpc) is 2.47. The Labute approximate surface area is 75.0 Å². The van der Waals surface area contributed by atoms with E-state index in [4.69, 9.17) is 4.74 Å². The van der Waals surface area contributed by atoms with Gasteiger partial charge in [0.15, 0.2) is 0 Å². The number of methoxy groups -OCH3 is 1. The Kier molecular flexibility index (Phi) is 3.76. The third kappa shape index (κ3) is 2.61. The van der Waals surface area contributed by atoms with E-state index >= 15 is 0 Å². The van der Waals surface area contributed by atoms with Gasteiger partial charge in [-0.25, -0.2) is 0 Å². The molecule has 0 saturated heterocycles. The van der Waals surface area contributed by atoms with E-state index in [1.165, 1.54) is 24.8 Å². The van der Waals surface area contributed by atoms with Gasteiger partial charge in [0, 0.05) is 19.7 Å². The minimum absolute atomic E-state index is 0.421. The molecule has 0 spiro atoms. The molecule has 1 N–H and O–H groups in total. The topological polar surface area (TPSA) is 21.3 Å². The van der Waals surface area contributed by atoms with Gasteiger partial charge in [-0.05, 0) is 26.2 Å². The molecule has 2 atom stereocenters. The molecule has 0 amide bonds. The van der Waals surface area contributed by atoms with E-state index in [1.54, 1.807) is 7.11 Å². The summed E-state index contributed by atoms with van der Waals surface area (Å²) in [6, 6.07) is 0.548. The summed E-state index contributed by atoms with van der Waals surface area (Å²) >= 11 is 0. The first-order valence-corrected chi connectivity index (χ1v) is 4.64. The lowest BCUT2D eigenvalue weighted by atomic mass is 10.2. The van der Waals surface area contributed by atoms with E-state index in [-0.39, 0.29) is 0 Å². The summed E-state index contributed by atoms with van der Waals surface area (Å²) in [7, 11) is 1.80. The zero-order valence-electron chi connectivity index (χ0n) is 8.10. The van der Waals surface area contributed by atoms with Gasteiger partial charge in [0.05, 0.1) is 6.10 Å². The predicted octanol–water partition coefficient (Wildman–Crippen LogP) is 1.72. The monoisotopic (exact) mass is 169 g/mol. The number of ether oxygens (including phenoxy) is 1. The highest BCUT2D eigenvalue weighted by Gasteiger charge is 2.25. The highest BCUT2D eigenvalue weighted by molar-refractivity contribution is 4.94. The van der Waals surface area contributed by atoms with Crippen molar-refractivity contribution in [2.45, 2.75) is 38.3 Å². The fraction of sp³-hybridized carbons (Fsp3) is 0.800. The summed E-state index contributed by atoms with van der Waals surface area (Å²) in [4.78, 5) is 0. The summed E-state index contributed by atoms with van der Waals surface area (Å²) in [6.45, 7) is 6.83. The maximum absolute atomic E-state index is 5.36. The maximum Gasteiger partial charge on any atom is 0.0724 e. The molecule has 0 aromatic rings. The van der Waals surface area contributed by atoms with Crippen molar-refractivity contribution in [1.29, 1.82) is 0 Å². The molecule has 2 unspecified atom stereocenters. The van der Waals surface area contributed by atoms with Gasteiger partial charge >= 0.3 is 0 Å². The lowest BCUT2D eigenvalue weighted by Gasteiger charge is -2.19. The first kappa shape index (κ1) is 9.75. The van der Waals surface area contributed by atoms with Crippen LogP contribution in [-0.2, 0) is 4.74 Å². The Bertz CT molecular complexity index is 156. The number of hydrogen-bond donors (Lipinski definition) is 1. The van der Waals surface area contributed by atoms with Crippen LogP contribution in [0.15, 0.2) is 12.2 Å².